The second-order valence-electron chi connectivity index (χ2n) is 8.26. The molecule has 1 N–H and O–H groups in total. The second-order valence-corrected chi connectivity index (χ2v) is 9.18. The van der Waals surface area contributed by atoms with Gasteiger partial charge >= 0.3 is 0 Å². The molecular weight excluding hydrogens is 468 g/mol. The molecule has 0 bridgehead atoms. The fraction of sp³-hybridized carbons (Fsp3) is 0.292. The van der Waals surface area contributed by atoms with Crippen molar-refractivity contribution in [2.75, 3.05) is 25.0 Å². The summed E-state index contributed by atoms with van der Waals surface area (Å²) in [5.41, 5.74) is 5.28. The summed E-state index contributed by atoms with van der Waals surface area (Å²) in [7, 11) is 1.93. The van der Waals surface area contributed by atoms with Crippen LogP contribution in [0.5, 0.6) is 0 Å². The van der Waals surface area contributed by atoms with E-state index in [1.54, 1.807) is 0 Å². The van der Waals surface area contributed by atoms with E-state index in [-0.39, 0.29) is 6.10 Å². The van der Waals surface area contributed by atoms with Crippen LogP contribution in [0.4, 0.5) is 11.6 Å². The molecule has 8 heteroatoms. The van der Waals surface area contributed by atoms with Crippen molar-refractivity contribution in [2.24, 2.45) is 7.05 Å². The first-order valence-electron chi connectivity index (χ1n) is 10.7. The van der Waals surface area contributed by atoms with Crippen LogP contribution in [0.3, 0.4) is 0 Å². The molecule has 164 valence electrons. The topological polar surface area (TPSA) is 68.1 Å². The third-order valence-corrected chi connectivity index (χ3v) is 6.05. The van der Waals surface area contributed by atoms with Gasteiger partial charge in [-0.3, -0.25) is 9.58 Å². The largest absolute Gasteiger partial charge is 0.376 e. The summed E-state index contributed by atoms with van der Waals surface area (Å²) in [6.07, 6.45) is 6.03. The Kier molecular flexibility index (Phi) is 5.91. The van der Waals surface area contributed by atoms with Gasteiger partial charge < -0.3 is 10.1 Å². The van der Waals surface area contributed by atoms with Crippen LogP contribution in [-0.2, 0) is 18.3 Å². The molecule has 32 heavy (non-hydrogen) atoms. The molecule has 1 saturated heterocycles. The zero-order valence-corrected chi connectivity index (χ0v) is 19.7. The van der Waals surface area contributed by atoms with Crippen molar-refractivity contribution >= 4 is 38.5 Å². The quantitative estimate of drug-likeness (QED) is 0.433. The van der Waals surface area contributed by atoms with Gasteiger partial charge in [-0.15, -0.1) is 0 Å². The van der Waals surface area contributed by atoms with Gasteiger partial charge in [0.15, 0.2) is 0 Å². The zero-order chi connectivity index (χ0) is 22.1. The van der Waals surface area contributed by atoms with E-state index in [4.69, 9.17) is 4.74 Å². The van der Waals surface area contributed by atoms with Crippen LogP contribution in [0, 0.1) is 0 Å². The van der Waals surface area contributed by atoms with Crippen molar-refractivity contribution < 1.29 is 4.74 Å². The number of nitrogens with one attached hydrogen (secondary N) is 1. The van der Waals surface area contributed by atoms with E-state index in [1.807, 2.05) is 48.5 Å². The van der Waals surface area contributed by atoms with Gasteiger partial charge in [-0.25, -0.2) is 9.97 Å². The van der Waals surface area contributed by atoms with E-state index in [9.17, 15) is 0 Å². The van der Waals surface area contributed by atoms with Crippen LogP contribution in [0.1, 0.15) is 12.5 Å². The molecule has 1 aliphatic rings. The molecule has 3 heterocycles. The van der Waals surface area contributed by atoms with Crippen LogP contribution >= 0.6 is 15.9 Å². The molecule has 1 atom stereocenters. The smallest absolute Gasteiger partial charge is 0.227 e. The third-order valence-electron chi connectivity index (χ3n) is 5.56. The summed E-state index contributed by atoms with van der Waals surface area (Å²) in [4.78, 5) is 11.6. The summed E-state index contributed by atoms with van der Waals surface area (Å²) < 4.78 is 8.54. The number of nitrogens with zero attached hydrogens (tertiary/aromatic N) is 5. The van der Waals surface area contributed by atoms with Crippen molar-refractivity contribution in [1.82, 2.24) is 24.6 Å². The predicted octanol–water partition coefficient (Wildman–Crippen LogP) is 4.76. The number of ether oxygens (including phenoxy) is 1. The Morgan fingerprint density at radius 1 is 1.16 bits per heavy atom. The lowest BCUT2D eigenvalue weighted by Gasteiger charge is -2.31. The lowest BCUT2D eigenvalue weighted by Crippen LogP contribution is -2.40. The number of aromatic nitrogens is 4. The molecule has 4 aromatic rings. The third kappa shape index (κ3) is 4.82. The maximum atomic E-state index is 5.70. The van der Waals surface area contributed by atoms with E-state index in [0.29, 0.717) is 5.95 Å². The Morgan fingerprint density at radius 3 is 2.88 bits per heavy atom. The summed E-state index contributed by atoms with van der Waals surface area (Å²) in [5.74, 6) is 0.578. The highest BCUT2D eigenvalue weighted by Gasteiger charge is 2.17. The highest BCUT2D eigenvalue weighted by Crippen LogP contribution is 2.28. The summed E-state index contributed by atoms with van der Waals surface area (Å²) in [6, 6.07) is 12.5. The minimum absolute atomic E-state index is 0.258. The van der Waals surface area contributed by atoms with E-state index < -0.39 is 0 Å². The molecule has 1 aliphatic heterocycles. The minimum Gasteiger partial charge on any atom is -0.376 e. The summed E-state index contributed by atoms with van der Waals surface area (Å²) in [6.45, 7) is 5.64. The normalized spacial score (nSPS) is 17.0. The number of benzene rings is 2. The van der Waals surface area contributed by atoms with E-state index in [2.05, 4.69) is 66.3 Å². The number of halogens is 1. The Bertz CT molecular complexity index is 1260. The minimum atomic E-state index is 0.258. The van der Waals surface area contributed by atoms with Gasteiger partial charge in [-0.1, -0.05) is 15.9 Å². The number of rotatable bonds is 5. The number of hydrogen-bond donors (Lipinski definition) is 1. The van der Waals surface area contributed by atoms with Crippen molar-refractivity contribution in [1.29, 1.82) is 0 Å². The first-order chi connectivity index (χ1) is 15.5. The van der Waals surface area contributed by atoms with Crippen LogP contribution in [0.2, 0.25) is 0 Å². The number of morpholine rings is 1. The van der Waals surface area contributed by atoms with Crippen LogP contribution in [0.15, 0.2) is 59.5 Å². The van der Waals surface area contributed by atoms with Crippen molar-refractivity contribution in [3.05, 3.63) is 65.0 Å². The average molecular weight is 493 g/mol. The first-order valence-corrected chi connectivity index (χ1v) is 11.5. The highest BCUT2D eigenvalue weighted by atomic mass is 79.9. The molecule has 1 unspecified atom stereocenters. The summed E-state index contributed by atoms with van der Waals surface area (Å²) >= 11 is 3.50. The highest BCUT2D eigenvalue weighted by molar-refractivity contribution is 9.10. The molecule has 0 radical (unpaired) electrons. The average Bonchev–Trinajstić information content (AvgIpc) is 3.20. The maximum Gasteiger partial charge on any atom is 0.227 e. The van der Waals surface area contributed by atoms with Gasteiger partial charge in [0.2, 0.25) is 5.95 Å². The van der Waals surface area contributed by atoms with Crippen molar-refractivity contribution in [2.45, 2.75) is 19.6 Å². The first kappa shape index (κ1) is 21.1. The van der Waals surface area contributed by atoms with E-state index in [0.717, 1.165) is 58.4 Å². The van der Waals surface area contributed by atoms with Crippen molar-refractivity contribution in [3.63, 3.8) is 0 Å². The predicted molar refractivity (Wildman–Crippen MR) is 130 cm³/mol. The molecule has 0 saturated carbocycles. The molecular formula is C24H25BrN6O. The Labute approximate surface area is 195 Å². The Hall–Kier alpha value is -2.81. The molecule has 2 aromatic carbocycles. The molecule has 2 aromatic heterocycles. The molecule has 0 amide bonds. The number of hydrogen-bond acceptors (Lipinski definition) is 6. The van der Waals surface area contributed by atoms with Crippen LogP contribution < -0.4 is 5.32 Å². The summed E-state index contributed by atoms with van der Waals surface area (Å²) in [5, 5.41) is 8.75. The van der Waals surface area contributed by atoms with Gasteiger partial charge in [0.05, 0.1) is 24.4 Å². The molecule has 0 aliphatic carbocycles. The molecule has 5 rings (SSSR count). The maximum absolute atomic E-state index is 5.70. The number of aryl methyl sites for hydroxylation is 1. The van der Waals surface area contributed by atoms with Crippen LogP contribution in [-0.4, -0.2) is 50.4 Å². The SMILES string of the molecule is CC1CN(Cc2cc(Nc3ncc4cc(Br)ccc4n3)cc(-c3cnn(C)c3)c2)CCO1. The zero-order valence-electron chi connectivity index (χ0n) is 18.1. The number of fused-ring (bicyclic) bond motifs is 1. The molecule has 7 nitrogen and oxygen atoms in total. The van der Waals surface area contributed by atoms with E-state index >= 15 is 0 Å². The van der Waals surface area contributed by atoms with Crippen LogP contribution in [0.25, 0.3) is 22.0 Å². The Balaban J connectivity index is 1.46. The Morgan fingerprint density at radius 2 is 2.06 bits per heavy atom. The van der Waals surface area contributed by atoms with Gasteiger partial charge in [-0.2, -0.15) is 5.10 Å². The van der Waals surface area contributed by atoms with Gasteiger partial charge in [0.1, 0.15) is 0 Å². The van der Waals surface area contributed by atoms with Gasteiger partial charge in [0.25, 0.3) is 0 Å². The van der Waals surface area contributed by atoms with Gasteiger partial charge in [0, 0.05) is 60.2 Å². The van der Waals surface area contributed by atoms with E-state index in [1.165, 1.54) is 5.56 Å². The molecule has 1 fully saturated rings. The monoisotopic (exact) mass is 492 g/mol. The van der Waals surface area contributed by atoms with Crippen molar-refractivity contribution in [3.8, 4) is 11.1 Å². The fourth-order valence-electron chi connectivity index (χ4n) is 4.08. The second kappa shape index (κ2) is 8.97. The number of anilines is 2. The lowest BCUT2D eigenvalue weighted by atomic mass is 10.0. The standard InChI is InChI=1S/C24H25BrN6O/c1-16-13-31(5-6-32-16)14-17-7-18(20-12-27-30(2)15-20)10-22(8-17)28-24-26-11-19-9-21(25)3-4-23(19)29-24/h3-4,7-12,15-16H,5-6,13-14H2,1-2H3,(H,26,28,29). The fourth-order valence-corrected chi connectivity index (χ4v) is 4.46. The lowest BCUT2D eigenvalue weighted by molar-refractivity contribution is -0.0211. The molecule has 0 spiro atoms. The van der Waals surface area contributed by atoms with Gasteiger partial charge in [-0.05, 0) is 54.4 Å².